The van der Waals surface area contributed by atoms with Gasteiger partial charge >= 0.3 is 5.97 Å². The molecule has 0 spiro atoms. The largest absolute Gasteiger partial charge is 0.455 e. The van der Waals surface area contributed by atoms with E-state index in [1.165, 1.54) is 12.8 Å². The molecule has 0 radical (unpaired) electrons. The Kier molecular flexibility index (Phi) is 16.0. The summed E-state index contributed by atoms with van der Waals surface area (Å²) in [5.41, 5.74) is 0. The van der Waals surface area contributed by atoms with E-state index >= 15 is 0 Å². The van der Waals surface area contributed by atoms with Crippen LogP contribution in [-0.2, 0) is 9.53 Å². The lowest BCUT2D eigenvalue weighted by molar-refractivity contribution is -0.141. The van der Waals surface area contributed by atoms with Crippen molar-refractivity contribution < 1.29 is 9.53 Å². The van der Waals surface area contributed by atoms with E-state index in [1.807, 2.05) is 6.92 Å². The van der Waals surface area contributed by atoms with Crippen molar-refractivity contribution in [3.63, 3.8) is 0 Å². The fraction of sp³-hybridized carbons (Fsp3) is 0.889. The predicted octanol–water partition coefficient (Wildman–Crippen LogP) is 3.02. The first kappa shape index (κ1) is 14.3. The third-order valence-corrected chi connectivity index (χ3v) is 1.31. The molecular formula is C9H20O2S. The summed E-state index contributed by atoms with van der Waals surface area (Å²) in [5.74, 6) is 0.0289. The number of carbonyl (C=O) groups excluding carboxylic acids is 1. The van der Waals surface area contributed by atoms with E-state index in [-0.39, 0.29) is 11.9 Å². The third-order valence-electron chi connectivity index (χ3n) is 1.18. The normalized spacial score (nSPS) is 8.33. The molecule has 0 aromatic carbocycles. The zero-order chi connectivity index (χ0) is 9.82. The predicted molar refractivity (Wildman–Crippen MR) is 55.4 cm³/mol. The summed E-state index contributed by atoms with van der Waals surface area (Å²) in [5, 5.41) is 0. The van der Waals surface area contributed by atoms with Crippen LogP contribution in [0, 0.1) is 0 Å². The number of rotatable bonds is 4. The van der Waals surface area contributed by atoms with E-state index in [4.69, 9.17) is 0 Å². The summed E-state index contributed by atoms with van der Waals surface area (Å²) in [6.07, 6.45) is 3.98. The molecule has 0 saturated heterocycles. The second kappa shape index (κ2) is 13.4. The second-order valence-electron chi connectivity index (χ2n) is 2.40. The molecule has 3 heteroatoms. The molecule has 0 atom stereocenters. The molecule has 0 N–H and O–H groups in total. The molecule has 0 aliphatic heterocycles. The van der Waals surface area contributed by atoms with Crippen LogP contribution in [0.5, 0.6) is 0 Å². The fourth-order valence-corrected chi connectivity index (χ4v) is 0.492. The van der Waals surface area contributed by atoms with Crippen LogP contribution in [-0.4, -0.2) is 11.9 Å². The maximum Gasteiger partial charge on any atom is 0.306 e. The topological polar surface area (TPSA) is 26.3 Å². The van der Waals surface area contributed by atoms with Gasteiger partial charge in [0, 0.05) is 6.42 Å². The summed E-state index contributed by atoms with van der Waals surface area (Å²) in [4.78, 5) is 10.4. The lowest BCUT2D eigenvalue weighted by Gasteiger charge is -1.95. The van der Waals surface area contributed by atoms with Crippen molar-refractivity contribution in [2.75, 3.05) is 5.94 Å². The highest BCUT2D eigenvalue weighted by Gasteiger charge is 1.95. The minimum Gasteiger partial charge on any atom is -0.455 e. The smallest absolute Gasteiger partial charge is 0.306 e. The van der Waals surface area contributed by atoms with Crippen LogP contribution in [0.2, 0.25) is 0 Å². The van der Waals surface area contributed by atoms with Gasteiger partial charge in [-0.25, -0.2) is 0 Å². The molecular weight excluding hydrogens is 172 g/mol. The van der Waals surface area contributed by atoms with Crippen LogP contribution in [0.25, 0.3) is 0 Å². The van der Waals surface area contributed by atoms with Gasteiger partial charge in [0.1, 0.15) is 5.94 Å². The van der Waals surface area contributed by atoms with Gasteiger partial charge in [-0.2, -0.15) is 0 Å². The van der Waals surface area contributed by atoms with Gasteiger partial charge in [0.15, 0.2) is 0 Å². The number of hydrogen-bond acceptors (Lipinski definition) is 3. The first-order valence-electron chi connectivity index (χ1n) is 4.49. The number of carbonyl (C=O) groups is 1. The Morgan fingerprint density at radius 2 is 1.67 bits per heavy atom. The minimum atomic E-state index is -0.164. The molecule has 74 valence electrons. The Morgan fingerprint density at radius 3 is 1.92 bits per heavy atom. The van der Waals surface area contributed by atoms with Gasteiger partial charge in [0.05, 0.1) is 0 Å². The van der Waals surface area contributed by atoms with Crippen molar-refractivity contribution in [1.82, 2.24) is 0 Å². The van der Waals surface area contributed by atoms with Gasteiger partial charge in [-0.3, -0.25) is 4.79 Å². The molecule has 0 heterocycles. The molecule has 0 unspecified atom stereocenters. The van der Waals surface area contributed by atoms with Crippen LogP contribution in [0.4, 0.5) is 0 Å². The average Bonchev–Trinajstić information content (AvgIpc) is 2.06. The Balaban J connectivity index is 0. The van der Waals surface area contributed by atoms with Crippen molar-refractivity contribution in [2.24, 2.45) is 0 Å². The number of esters is 1. The van der Waals surface area contributed by atoms with Gasteiger partial charge in [0.2, 0.25) is 0 Å². The number of hydrogen-bond donors (Lipinski definition) is 1. The Labute approximate surface area is 81.1 Å². The molecule has 0 aromatic heterocycles. The van der Waals surface area contributed by atoms with E-state index in [0.29, 0.717) is 6.42 Å². The van der Waals surface area contributed by atoms with Crippen molar-refractivity contribution in [3.8, 4) is 0 Å². The minimum absolute atomic E-state index is 0.164. The molecule has 12 heavy (non-hydrogen) atoms. The van der Waals surface area contributed by atoms with Crippen molar-refractivity contribution in [1.29, 1.82) is 0 Å². The van der Waals surface area contributed by atoms with Crippen molar-refractivity contribution in [3.05, 3.63) is 0 Å². The van der Waals surface area contributed by atoms with Gasteiger partial charge in [-0.15, -0.1) is 12.6 Å². The van der Waals surface area contributed by atoms with E-state index in [9.17, 15) is 4.79 Å². The fourth-order valence-electron chi connectivity index (χ4n) is 0.348. The van der Waals surface area contributed by atoms with Crippen LogP contribution >= 0.6 is 12.6 Å². The van der Waals surface area contributed by atoms with Crippen molar-refractivity contribution >= 4 is 18.6 Å². The molecule has 0 fully saturated rings. The van der Waals surface area contributed by atoms with Gasteiger partial charge in [-0.05, 0) is 6.42 Å². The van der Waals surface area contributed by atoms with Gasteiger partial charge < -0.3 is 4.74 Å². The lowest BCUT2D eigenvalue weighted by atomic mass is 10.3. The van der Waals surface area contributed by atoms with E-state index in [2.05, 4.69) is 31.2 Å². The first-order valence-corrected chi connectivity index (χ1v) is 5.12. The number of unbranched alkanes of at least 4 members (excludes halogenated alkanes) is 1. The zero-order valence-corrected chi connectivity index (χ0v) is 9.19. The molecule has 0 saturated carbocycles. The summed E-state index contributed by atoms with van der Waals surface area (Å²) in [7, 11) is 0. The highest BCUT2D eigenvalue weighted by molar-refractivity contribution is 7.80. The summed E-state index contributed by atoms with van der Waals surface area (Å²) >= 11 is 3.71. The second-order valence-corrected chi connectivity index (χ2v) is 2.65. The molecule has 0 bridgehead atoms. The maximum atomic E-state index is 10.4. The maximum absolute atomic E-state index is 10.4. The van der Waals surface area contributed by atoms with Gasteiger partial charge in [-0.1, -0.05) is 33.6 Å². The Bertz CT molecular complexity index is 84.5. The highest BCUT2D eigenvalue weighted by atomic mass is 32.1. The van der Waals surface area contributed by atoms with Crippen LogP contribution in [0.1, 0.15) is 46.5 Å². The third kappa shape index (κ3) is 16.4. The van der Waals surface area contributed by atoms with Crippen LogP contribution in [0.15, 0.2) is 0 Å². The standard InChI is InChI=1S/C5H10O2S.C4H10/c1-2-3-5(6)7-4-8;1-3-4-2/h8H,2-4H2,1H3;3-4H2,1-2H3. The highest BCUT2D eigenvalue weighted by Crippen LogP contribution is 1.90. The van der Waals surface area contributed by atoms with Gasteiger partial charge in [0.25, 0.3) is 0 Å². The van der Waals surface area contributed by atoms with Crippen molar-refractivity contribution in [2.45, 2.75) is 46.5 Å². The number of thiol groups is 1. The molecule has 0 aliphatic carbocycles. The molecule has 0 aliphatic rings. The quantitative estimate of drug-likeness (QED) is 0.421. The van der Waals surface area contributed by atoms with E-state index in [1.54, 1.807) is 0 Å². The molecule has 0 amide bonds. The van der Waals surface area contributed by atoms with Crippen LogP contribution in [0.3, 0.4) is 0 Å². The summed E-state index contributed by atoms with van der Waals surface area (Å²) < 4.78 is 4.51. The molecule has 0 aromatic rings. The monoisotopic (exact) mass is 192 g/mol. The van der Waals surface area contributed by atoms with E-state index < -0.39 is 0 Å². The molecule has 0 rings (SSSR count). The molecule has 2 nitrogen and oxygen atoms in total. The Hall–Kier alpha value is -0.180. The zero-order valence-electron chi connectivity index (χ0n) is 8.30. The summed E-state index contributed by atoms with van der Waals surface area (Å²) in [6, 6.07) is 0. The average molecular weight is 192 g/mol. The first-order chi connectivity index (χ1) is 5.72. The SMILES string of the molecule is CCCC.CCCC(=O)OCS. The lowest BCUT2D eigenvalue weighted by Crippen LogP contribution is -2.00. The summed E-state index contributed by atoms with van der Waals surface area (Å²) in [6.45, 7) is 6.29. The number of ether oxygens (including phenoxy) is 1. The van der Waals surface area contributed by atoms with E-state index in [0.717, 1.165) is 6.42 Å². The van der Waals surface area contributed by atoms with Crippen LogP contribution < -0.4 is 0 Å². The Morgan fingerprint density at radius 1 is 1.17 bits per heavy atom.